The van der Waals surface area contributed by atoms with Crippen LogP contribution in [0, 0.1) is 13.8 Å². The molecule has 0 radical (unpaired) electrons. The van der Waals surface area contributed by atoms with Gasteiger partial charge in [0, 0.05) is 22.8 Å². The third-order valence-electron chi connectivity index (χ3n) is 3.11. The summed E-state index contributed by atoms with van der Waals surface area (Å²) in [4.78, 5) is 24.9. The molecule has 1 amide bonds. The van der Waals surface area contributed by atoms with E-state index in [4.69, 9.17) is 0 Å². The minimum Gasteiger partial charge on any atom is -0.353 e. The number of anilines is 2. The summed E-state index contributed by atoms with van der Waals surface area (Å²) in [5.74, 6) is 0.524. The van der Waals surface area contributed by atoms with Gasteiger partial charge in [0.1, 0.15) is 0 Å². The van der Waals surface area contributed by atoms with Gasteiger partial charge in [-0.25, -0.2) is 15.0 Å². The lowest BCUT2D eigenvalue weighted by Gasteiger charge is -2.10. The topological polar surface area (TPSA) is 79.8 Å². The minimum atomic E-state index is -0.00569. The summed E-state index contributed by atoms with van der Waals surface area (Å²) in [6.07, 6.45) is 1.20. The monoisotopic (exact) mass is 319 g/mol. The summed E-state index contributed by atoms with van der Waals surface area (Å²) in [6.45, 7) is 7.88. The maximum absolute atomic E-state index is 11.8. The SMILES string of the molecule is CCC(C)NC(=O)Cc1csc(Nc2nc(C)cc(C)n2)n1. The first-order valence-corrected chi connectivity index (χ1v) is 8.17. The molecule has 2 aromatic rings. The second-order valence-corrected chi connectivity index (χ2v) is 6.15. The standard InChI is InChI=1S/C15H21N5OS/c1-5-9(2)16-13(21)7-12-8-22-15(19-12)20-14-17-10(3)6-11(4)18-14/h6,8-9H,5,7H2,1-4H3,(H,16,21)(H,17,18,19,20). The molecule has 2 rings (SSSR count). The van der Waals surface area contributed by atoms with E-state index in [-0.39, 0.29) is 18.4 Å². The Labute approximate surface area is 134 Å². The van der Waals surface area contributed by atoms with Crippen molar-refractivity contribution in [3.05, 3.63) is 28.5 Å². The normalized spacial score (nSPS) is 12.0. The molecule has 0 aliphatic heterocycles. The molecule has 2 aromatic heterocycles. The van der Waals surface area contributed by atoms with E-state index in [0.29, 0.717) is 11.1 Å². The van der Waals surface area contributed by atoms with Crippen LogP contribution >= 0.6 is 11.3 Å². The van der Waals surface area contributed by atoms with E-state index in [1.807, 2.05) is 39.1 Å². The highest BCUT2D eigenvalue weighted by Gasteiger charge is 2.10. The van der Waals surface area contributed by atoms with Gasteiger partial charge in [-0.3, -0.25) is 4.79 Å². The van der Waals surface area contributed by atoms with Crippen LogP contribution in [-0.4, -0.2) is 26.9 Å². The van der Waals surface area contributed by atoms with Crippen molar-refractivity contribution in [1.82, 2.24) is 20.3 Å². The maximum atomic E-state index is 11.8. The van der Waals surface area contributed by atoms with Gasteiger partial charge in [0.05, 0.1) is 12.1 Å². The summed E-state index contributed by atoms with van der Waals surface area (Å²) < 4.78 is 0. The summed E-state index contributed by atoms with van der Waals surface area (Å²) >= 11 is 1.44. The zero-order chi connectivity index (χ0) is 16.1. The highest BCUT2D eigenvalue weighted by Crippen LogP contribution is 2.19. The molecule has 22 heavy (non-hydrogen) atoms. The molecule has 0 saturated heterocycles. The fourth-order valence-corrected chi connectivity index (χ4v) is 2.62. The lowest BCUT2D eigenvalue weighted by Crippen LogP contribution is -2.33. The molecule has 1 unspecified atom stereocenters. The van der Waals surface area contributed by atoms with E-state index in [2.05, 4.69) is 25.6 Å². The van der Waals surface area contributed by atoms with Crippen molar-refractivity contribution in [2.24, 2.45) is 0 Å². The number of hydrogen-bond acceptors (Lipinski definition) is 6. The third kappa shape index (κ3) is 4.77. The predicted octanol–water partition coefficient (Wildman–Crippen LogP) is 2.75. The Balaban J connectivity index is 1.98. The van der Waals surface area contributed by atoms with Crippen molar-refractivity contribution in [2.45, 2.75) is 46.6 Å². The van der Waals surface area contributed by atoms with Crippen LogP contribution in [0.2, 0.25) is 0 Å². The van der Waals surface area contributed by atoms with E-state index in [1.165, 1.54) is 11.3 Å². The van der Waals surface area contributed by atoms with E-state index in [9.17, 15) is 4.79 Å². The van der Waals surface area contributed by atoms with Crippen LogP contribution in [0.5, 0.6) is 0 Å². The van der Waals surface area contributed by atoms with E-state index < -0.39 is 0 Å². The summed E-state index contributed by atoms with van der Waals surface area (Å²) in [7, 11) is 0. The molecule has 0 fully saturated rings. The van der Waals surface area contributed by atoms with Crippen molar-refractivity contribution in [3.63, 3.8) is 0 Å². The van der Waals surface area contributed by atoms with Crippen molar-refractivity contribution < 1.29 is 4.79 Å². The van der Waals surface area contributed by atoms with Crippen LogP contribution in [-0.2, 0) is 11.2 Å². The van der Waals surface area contributed by atoms with Crippen molar-refractivity contribution in [3.8, 4) is 0 Å². The van der Waals surface area contributed by atoms with Gasteiger partial charge in [-0.2, -0.15) is 0 Å². The number of rotatable bonds is 6. The highest BCUT2D eigenvalue weighted by molar-refractivity contribution is 7.13. The Morgan fingerprint density at radius 2 is 1.95 bits per heavy atom. The second-order valence-electron chi connectivity index (χ2n) is 5.30. The second kappa shape index (κ2) is 7.31. The fourth-order valence-electron chi connectivity index (χ4n) is 1.92. The van der Waals surface area contributed by atoms with E-state index in [1.54, 1.807) is 0 Å². The molecule has 2 N–H and O–H groups in total. The van der Waals surface area contributed by atoms with Gasteiger partial charge in [-0.1, -0.05) is 6.92 Å². The Morgan fingerprint density at radius 3 is 2.59 bits per heavy atom. The average Bonchev–Trinajstić information content (AvgIpc) is 2.84. The van der Waals surface area contributed by atoms with E-state index in [0.717, 1.165) is 23.5 Å². The Morgan fingerprint density at radius 1 is 1.27 bits per heavy atom. The van der Waals surface area contributed by atoms with Gasteiger partial charge in [0.2, 0.25) is 11.9 Å². The smallest absolute Gasteiger partial charge is 0.229 e. The van der Waals surface area contributed by atoms with Gasteiger partial charge in [0.25, 0.3) is 0 Å². The number of amides is 1. The number of thiazole rings is 1. The van der Waals surface area contributed by atoms with Crippen molar-refractivity contribution >= 4 is 28.3 Å². The minimum absolute atomic E-state index is 0.00569. The van der Waals surface area contributed by atoms with Crippen molar-refractivity contribution in [2.75, 3.05) is 5.32 Å². The first-order valence-electron chi connectivity index (χ1n) is 7.29. The molecule has 0 saturated carbocycles. The Bertz CT molecular complexity index is 635. The molecule has 0 aromatic carbocycles. The number of aryl methyl sites for hydroxylation is 2. The summed E-state index contributed by atoms with van der Waals surface area (Å²) in [5.41, 5.74) is 2.55. The molecule has 0 spiro atoms. The molecule has 0 aliphatic carbocycles. The molecular weight excluding hydrogens is 298 g/mol. The Hall–Kier alpha value is -2.02. The largest absolute Gasteiger partial charge is 0.353 e. The van der Waals surface area contributed by atoms with Gasteiger partial charge in [0.15, 0.2) is 5.13 Å². The first kappa shape index (κ1) is 16.4. The Kier molecular flexibility index (Phi) is 5.43. The fraction of sp³-hybridized carbons (Fsp3) is 0.467. The zero-order valence-electron chi connectivity index (χ0n) is 13.3. The number of carbonyl (C=O) groups is 1. The third-order valence-corrected chi connectivity index (χ3v) is 3.92. The number of nitrogens with one attached hydrogen (secondary N) is 2. The van der Waals surface area contributed by atoms with Crippen LogP contribution in [0.15, 0.2) is 11.4 Å². The zero-order valence-corrected chi connectivity index (χ0v) is 14.1. The summed E-state index contributed by atoms with van der Waals surface area (Å²) in [6, 6.07) is 2.10. The molecule has 0 aliphatic rings. The number of nitrogens with zero attached hydrogens (tertiary/aromatic N) is 3. The summed E-state index contributed by atoms with van der Waals surface area (Å²) in [5, 5.41) is 8.58. The van der Waals surface area contributed by atoms with Crippen LogP contribution in [0.3, 0.4) is 0 Å². The quantitative estimate of drug-likeness (QED) is 0.856. The predicted molar refractivity (Wildman–Crippen MR) is 88.5 cm³/mol. The van der Waals surface area contributed by atoms with Crippen LogP contribution < -0.4 is 10.6 Å². The lowest BCUT2D eigenvalue weighted by molar-refractivity contribution is -0.121. The number of carbonyl (C=O) groups excluding carboxylic acids is 1. The average molecular weight is 319 g/mol. The van der Waals surface area contributed by atoms with Gasteiger partial charge >= 0.3 is 0 Å². The van der Waals surface area contributed by atoms with Gasteiger partial charge < -0.3 is 10.6 Å². The van der Waals surface area contributed by atoms with Gasteiger partial charge in [-0.05, 0) is 33.3 Å². The van der Waals surface area contributed by atoms with Gasteiger partial charge in [-0.15, -0.1) is 11.3 Å². The van der Waals surface area contributed by atoms with Crippen molar-refractivity contribution in [1.29, 1.82) is 0 Å². The first-order chi connectivity index (χ1) is 10.5. The number of aromatic nitrogens is 3. The highest BCUT2D eigenvalue weighted by atomic mass is 32.1. The van der Waals surface area contributed by atoms with E-state index >= 15 is 0 Å². The molecule has 1 atom stereocenters. The molecule has 2 heterocycles. The lowest BCUT2D eigenvalue weighted by atomic mass is 10.2. The molecule has 0 bridgehead atoms. The van der Waals surface area contributed by atoms with Crippen LogP contribution in [0.4, 0.5) is 11.1 Å². The van der Waals surface area contributed by atoms with Crippen LogP contribution in [0.25, 0.3) is 0 Å². The molecular formula is C15H21N5OS. The molecule has 7 heteroatoms. The molecule has 6 nitrogen and oxygen atoms in total. The number of hydrogen-bond donors (Lipinski definition) is 2. The maximum Gasteiger partial charge on any atom is 0.229 e. The molecule has 118 valence electrons. The van der Waals surface area contributed by atoms with Crippen LogP contribution in [0.1, 0.15) is 37.4 Å².